The van der Waals surface area contributed by atoms with Crippen LogP contribution in [-0.2, 0) is 0 Å². The van der Waals surface area contributed by atoms with E-state index in [-0.39, 0.29) is 6.04 Å². The topological polar surface area (TPSA) is 139 Å². The summed E-state index contributed by atoms with van der Waals surface area (Å²) in [6.07, 6.45) is 4.55. The van der Waals surface area contributed by atoms with E-state index in [1.165, 1.54) is 11.6 Å². The highest BCUT2D eigenvalue weighted by atomic mass is 32.1. The Morgan fingerprint density at radius 3 is 2.84 bits per heavy atom. The SMILES string of the molecule is CC(=NC1CCNCC1)/C(=N\N)c1cc(OC(C)/C(N)=C/C=S)n2c(C#N)cnc2c1. The van der Waals surface area contributed by atoms with Gasteiger partial charge in [-0.3, -0.25) is 9.39 Å². The number of aromatic nitrogens is 2. The number of hydrazone groups is 1. The molecule has 31 heavy (non-hydrogen) atoms. The van der Waals surface area contributed by atoms with E-state index >= 15 is 0 Å². The molecular weight excluding hydrogens is 412 g/mol. The number of nitriles is 1. The van der Waals surface area contributed by atoms with Gasteiger partial charge in [0.15, 0.2) is 0 Å². The summed E-state index contributed by atoms with van der Waals surface area (Å²) in [5, 5.41) is 18.2. The van der Waals surface area contributed by atoms with Crippen LogP contribution in [0.25, 0.3) is 5.65 Å². The standard InChI is InChI=1S/C21H26N8OS/c1-13(27-16-3-6-25-7-4-16)21(28-24)15-9-19-26-12-17(11-22)29(19)20(10-15)30-14(2)18(23)5-8-31/h5,8-10,12,14,16,25H,3-4,6-7,23-24H2,1-2H3/b18-5-,27-13?,28-21+. The van der Waals surface area contributed by atoms with Crippen LogP contribution in [0.4, 0.5) is 0 Å². The van der Waals surface area contributed by atoms with Crippen LogP contribution in [0, 0.1) is 11.3 Å². The molecule has 9 nitrogen and oxygen atoms in total. The minimum absolute atomic E-state index is 0.230. The van der Waals surface area contributed by atoms with E-state index in [9.17, 15) is 5.26 Å². The lowest BCUT2D eigenvalue weighted by atomic mass is 10.0. The first-order valence-electron chi connectivity index (χ1n) is 10.0. The van der Waals surface area contributed by atoms with Gasteiger partial charge in [0.25, 0.3) is 0 Å². The van der Waals surface area contributed by atoms with Gasteiger partial charge in [0.2, 0.25) is 5.88 Å². The molecule has 1 fully saturated rings. The van der Waals surface area contributed by atoms with Gasteiger partial charge in [-0.15, -0.1) is 0 Å². The molecule has 162 valence electrons. The van der Waals surface area contributed by atoms with E-state index in [1.54, 1.807) is 23.5 Å². The van der Waals surface area contributed by atoms with Crippen molar-refractivity contribution < 1.29 is 4.74 Å². The van der Waals surface area contributed by atoms with E-state index in [1.807, 2.05) is 13.0 Å². The summed E-state index contributed by atoms with van der Waals surface area (Å²) >= 11 is 4.84. The monoisotopic (exact) mass is 438 g/mol. The van der Waals surface area contributed by atoms with Gasteiger partial charge in [-0.2, -0.15) is 10.4 Å². The second kappa shape index (κ2) is 10.1. The summed E-state index contributed by atoms with van der Waals surface area (Å²) < 4.78 is 7.70. The summed E-state index contributed by atoms with van der Waals surface area (Å²) in [5.74, 6) is 6.15. The number of ether oxygens (including phenoxy) is 1. The molecule has 1 saturated heterocycles. The molecule has 0 radical (unpaired) electrons. The number of nitrogens with one attached hydrogen (secondary N) is 1. The maximum atomic E-state index is 9.48. The lowest BCUT2D eigenvalue weighted by molar-refractivity contribution is 0.242. The van der Waals surface area contributed by atoms with Gasteiger partial charge in [-0.1, -0.05) is 12.2 Å². The summed E-state index contributed by atoms with van der Waals surface area (Å²) in [7, 11) is 0. The normalized spacial score (nSPS) is 17.4. The van der Waals surface area contributed by atoms with Crippen molar-refractivity contribution in [2.45, 2.75) is 38.8 Å². The Morgan fingerprint density at radius 2 is 2.19 bits per heavy atom. The van der Waals surface area contributed by atoms with E-state index in [4.69, 9.17) is 33.5 Å². The number of nitrogens with zero attached hydrogens (tertiary/aromatic N) is 5. The molecule has 1 atom stereocenters. The van der Waals surface area contributed by atoms with Gasteiger partial charge >= 0.3 is 0 Å². The predicted octanol–water partition coefficient (Wildman–Crippen LogP) is 1.69. The lowest BCUT2D eigenvalue weighted by Crippen LogP contribution is -2.31. The van der Waals surface area contributed by atoms with Crippen molar-refractivity contribution in [3.63, 3.8) is 0 Å². The maximum absolute atomic E-state index is 9.48. The van der Waals surface area contributed by atoms with Gasteiger partial charge in [-0.25, -0.2) is 4.98 Å². The molecule has 5 N–H and O–H groups in total. The molecule has 0 aliphatic carbocycles. The number of thiocarbonyl (C=S) groups is 1. The number of nitrogens with two attached hydrogens (primary N) is 2. The molecule has 0 bridgehead atoms. The fourth-order valence-corrected chi connectivity index (χ4v) is 3.65. The first kappa shape index (κ1) is 22.4. The zero-order valence-electron chi connectivity index (χ0n) is 17.6. The third-order valence-corrected chi connectivity index (χ3v) is 5.28. The summed E-state index contributed by atoms with van der Waals surface area (Å²) in [6, 6.07) is 5.93. The fraction of sp³-hybridized carbons (Fsp3) is 0.381. The molecule has 10 heteroatoms. The van der Waals surface area contributed by atoms with Crippen molar-refractivity contribution in [1.29, 1.82) is 5.26 Å². The van der Waals surface area contributed by atoms with Crippen LogP contribution in [-0.4, -0.2) is 51.4 Å². The first-order chi connectivity index (χ1) is 15.0. The van der Waals surface area contributed by atoms with Crippen molar-refractivity contribution in [3.05, 3.63) is 41.4 Å². The molecule has 0 saturated carbocycles. The summed E-state index contributed by atoms with van der Waals surface area (Å²) in [6.45, 7) is 5.58. The Hall–Kier alpha value is -3.29. The molecule has 3 heterocycles. The van der Waals surface area contributed by atoms with Crippen LogP contribution in [0.15, 0.2) is 40.2 Å². The Kier molecular flexibility index (Phi) is 7.33. The predicted molar refractivity (Wildman–Crippen MR) is 126 cm³/mol. The van der Waals surface area contributed by atoms with Crippen LogP contribution in [0.3, 0.4) is 0 Å². The van der Waals surface area contributed by atoms with Gasteiger partial charge in [0, 0.05) is 22.7 Å². The molecule has 2 aromatic rings. The van der Waals surface area contributed by atoms with Crippen molar-refractivity contribution >= 4 is 34.7 Å². The minimum atomic E-state index is -0.477. The maximum Gasteiger partial charge on any atom is 0.201 e. The Balaban J connectivity index is 2.04. The zero-order chi connectivity index (χ0) is 22.4. The number of hydrogen-bond donors (Lipinski definition) is 3. The second-order valence-electron chi connectivity index (χ2n) is 7.27. The van der Waals surface area contributed by atoms with Crippen LogP contribution in [0.1, 0.15) is 37.9 Å². The van der Waals surface area contributed by atoms with Gasteiger partial charge in [0.1, 0.15) is 29.2 Å². The second-order valence-corrected chi connectivity index (χ2v) is 7.54. The Morgan fingerprint density at radius 1 is 1.45 bits per heavy atom. The average molecular weight is 439 g/mol. The van der Waals surface area contributed by atoms with Gasteiger partial charge in [-0.05, 0) is 51.9 Å². The van der Waals surface area contributed by atoms with Crippen molar-refractivity contribution in [2.24, 2.45) is 21.7 Å². The van der Waals surface area contributed by atoms with Crippen LogP contribution in [0.2, 0.25) is 0 Å². The molecule has 0 aromatic carbocycles. The quantitative estimate of drug-likeness (QED) is 0.196. The number of pyridine rings is 1. The van der Waals surface area contributed by atoms with Crippen molar-refractivity contribution in [2.75, 3.05) is 13.1 Å². The van der Waals surface area contributed by atoms with Crippen molar-refractivity contribution in [1.82, 2.24) is 14.7 Å². The number of aliphatic imine (C=N–C) groups is 1. The highest BCUT2D eigenvalue weighted by Crippen LogP contribution is 2.23. The van der Waals surface area contributed by atoms with Gasteiger partial charge in [0.05, 0.1) is 18.0 Å². The molecule has 2 aromatic heterocycles. The number of hydrogen-bond acceptors (Lipinski definition) is 9. The van der Waals surface area contributed by atoms with Gasteiger partial charge < -0.3 is 21.6 Å². The average Bonchev–Trinajstić information content (AvgIpc) is 3.18. The fourth-order valence-electron chi connectivity index (χ4n) is 3.49. The molecule has 0 amide bonds. The Labute approximate surface area is 186 Å². The molecular formula is C21H26N8OS. The van der Waals surface area contributed by atoms with E-state index in [2.05, 4.69) is 21.5 Å². The van der Waals surface area contributed by atoms with E-state index in [0.717, 1.165) is 31.6 Å². The van der Waals surface area contributed by atoms with E-state index < -0.39 is 6.10 Å². The number of piperidine rings is 1. The molecule has 3 rings (SSSR count). The summed E-state index contributed by atoms with van der Waals surface area (Å²) in [4.78, 5) is 9.17. The molecule has 0 spiro atoms. The number of allylic oxidation sites excluding steroid dienone is 1. The Bertz CT molecular complexity index is 1090. The minimum Gasteiger partial charge on any atom is -0.469 e. The molecule has 1 aliphatic heterocycles. The van der Waals surface area contributed by atoms with Crippen molar-refractivity contribution in [3.8, 4) is 11.9 Å². The third kappa shape index (κ3) is 5.07. The largest absolute Gasteiger partial charge is 0.469 e. The number of fused-ring (bicyclic) bond motifs is 1. The number of rotatable bonds is 7. The lowest BCUT2D eigenvalue weighted by Gasteiger charge is -2.20. The smallest absolute Gasteiger partial charge is 0.201 e. The van der Waals surface area contributed by atoms with Crippen LogP contribution >= 0.6 is 12.2 Å². The number of imidazole rings is 1. The molecule has 1 unspecified atom stereocenters. The van der Waals surface area contributed by atoms with Crippen LogP contribution < -0.4 is 21.6 Å². The first-order valence-corrected chi connectivity index (χ1v) is 10.5. The van der Waals surface area contributed by atoms with Crippen LogP contribution in [0.5, 0.6) is 5.88 Å². The highest BCUT2D eigenvalue weighted by Gasteiger charge is 2.19. The summed E-state index contributed by atoms with van der Waals surface area (Å²) in [5.41, 5.74) is 9.33. The highest BCUT2D eigenvalue weighted by molar-refractivity contribution is 7.79. The molecule has 1 aliphatic rings. The zero-order valence-corrected chi connectivity index (χ0v) is 18.4. The van der Waals surface area contributed by atoms with E-state index in [0.29, 0.717) is 34.2 Å². The third-order valence-electron chi connectivity index (χ3n) is 5.15.